The van der Waals surface area contributed by atoms with Crippen LogP contribution >= 0.6 is 0 Å². The molecular formula is C15H19N3O2. The Balaban J connectivity index is 1.68. The van der Waals surface area contributed by atoms with E-state index in [1.807, 2.05) is 29.8 Å². The molecule has 0 spiro atoms. The van der Waals surface area contributed by atoms with E-state index in [1.165, 1.54) is 11.9 Å². The number of aliphatic hydroxyl groups is 1. The summed E-state index contributed by atoms with van der Waals surface area (Å²) in [6, 6.07) is 8.01. The number of aryl methyl sites for hydroxylation is 1. The molecule has 2 atom stereocenters. The molecular weight excluding hydrogens is 254 g/mol. The van der Waals surface area contributed by atoms with Crippen LogP contribution in [0.2, 0.25) is 0 Å². The van der Waals surface area contributed by atoms with Gasteiger partial charge in [0, 0.05) is 18.9 Å². The summed E-state index contributed by atoms with van der Waals surface area (Å²) >= 11 is 0. The van der Waals surface area contributed by atoms with Crippen molar-refractivity contribution in [2.45, 2.75) is 32.4 Å². The summed E-state index contributed by atoms with van der Waals surface area (Å²) in [6.45, 7) is 3.34. The van der Waals surface area contributed by atoms with Gasteiger partial charge in [0.05, 0.1) is 12.7 Å². The quantitative estimate of drug-likeness (QED) is 0.916. The van der Waals surface area contributed by atoms with Gasteiger partial charge in [-0.1, -0.05) is 18.2 Å². The first kappa shape index (κ1) is 13.1. The Bertz CT molecular complexity index is 582. The second kappa shape index (κ2) is 5.63. The highest BCUT2D eigenvalue weighted by Gasteiger charge is 2.27. The highest BCUT2D eigenvalue weighted by atomic mass is 16.5. The normalized spacial score (nSPS) is 19.2. The number of ether oxygens (including phenoxy) is 1. The topological polar surface area (TPSA) is 60.2 Å². The fraction of sp³-hybridized carbons (Fsp3) is 0.467. The number of aliphatic hydroxyl groups excluding tert-OH is 1. The van der Waals surface area contributed by atoms with Crippen LogP contribution in [0.25, 0.3) is 0 Å². The van der Waals surface area contributed by atoms with E-state index < -0.39 is 6.10 Å². The summed E-state index contributed by atoms with van der Waals surface area (Å²) in [5, 5.41) is 14.6. The van der Waals surface area contributed by atoms with Gasteiger partial charge in [0.1, 0.15) is 17.9 Å². The fourth-order valence-corrected chi connectivity index (χ4v) is 2.66. The zero-order valence-corrected chi connectivity index (χ0v) is 11.6. The molecule has 1 aromatic heterocycles. The molecule has 0 fully saturated rings. The molecule has 0 saturated carbocycles. The molecule has 0 bridgehead atoms. The van der Waals surface area contributed by atoms with Crippen LogP contribution in [0.15, 0.2) is 30.6 Å². The maximum atomic E-state index is 10.4. The lowest BCUT2D eigenvalue weighted by Crippen LogP contribution is -2.33. The number of hydrogen-bond donors (Lipinski definition) is 1. The summed E-state index contributed by atoms with van der Waals surface area (Å²) in [6.07, 6.45) is 2.44. The number of hydrogen-bond acceptors (Lipinski definition) is 4. The van der Waals surface area contributed by atoms with Crippen molar-refractivity contribution >= 4 is 0 Å². The van der Waals surface area contributed by atoms with Gasteiger partial charge >= 0.3 is 0 Å². The first-order chi connectivity index (χ1) is 9.78. The van der Waals surface area contributed by atoms with E-state index in [4.69, 9.17) is 4.74 Å². The van der Waals surface area contributed by atoms with Gasteiger partial charge in [0.25, 0.3) is 0 Å². The van der Waals surface area contributed by atoms with Gasteiger partial charge < -0.3 is 9.84 Å². The number of rotatable bonds is 4. The summed E-state index contributed by atoms with van der Waals surface area (Å²) in [5.41, 5.74) is 1.17. The first-order valence-electron chi connectivity index (χ1n) is 7.03. The SMILES string of the molecule is CCn1ncnc1CC(O)C1COc2ccccc2C1. The third kappa shape index (κ3) is 2.54. The van der Waals surface area contributed by atoms with Gasteiger partial charge in [0.15, 0.2) is 0 Å². The molecule has 3 rings (SSSR count). The number of nitrogens with zero attached hydrogens (tertiary/aromatic N) is 3. The van der Waals surface area contributed by atoms with E-state index in [2.05, 4.69) is 16.1 Å². The summed E-state index contributed by atoms with van der Waals surface area (Å²) < 4.78 is 7.55. The van der Waals surface area contributed by atoms with Crippen molar-refractivity contribution < 1.29 is 9.84 Å². The van der Waals surface area contributed by atoms with Gasteiger partial charge in [0.2, 0.25) is 0 Å². The Hall–Kier alpha value is -1.88. The van der Waals surface area contributed by atoms with Gasteiger partial charge in [-0.3, -0.25) is 4.68 Å². The third-order valence-corrected chi connectivity index (χ3v) is 3.84. The molecule has 106 valence electrons. The highest BCUT2D eigenvalue weighted by Crippen LogP contribution is 2.28. The standard InChI is InChI=1S/C15H19N3O2/c1-2-18-15(16-10-17-18)8-13(19)12-7-11-5-3-4-6-14(11)20-9-12/h3-6,10,12-13,19H,2,7-9H2,1H3. The molecule has 5 heteroatoms. The molecule has 1 aromatic carbocycles. The van der Waals surface area contributed by atoms with Crippen LogP contribution in [0.3, 0.4) is 0 Å². The summed E-state index contributed by atoms with van der Waals surface area (Å²) in [7, 11) is 0. The zero-order chi connectivity index (χ0) is 13.9. The predicted molar refractivity (Wildman–Crippen MR) is 74.5 cm³/mol. The predicted octanol–water partition coefficient (Wildman–Crippen LogP) is 1.45. The lowest BCUT2D eigenvalue weighted by Gasteiger charge is -2.28. The van der Waals surface area contributed by atoms with Crippen LogP contribution in [0.5, 0.6) is 5.75 Å². The Morgan fingerprint density at radius 2 is 2.30 bits per heavy atom. The van der Waals surface area contributed by atoms with Crippen LogP contribution in [0, 0.1) is 5.92 Å². The smallest absolute Gasteiger partial charge is 0.138 e. The van der Waals surface area contributed by atoms with E-state index in [1.54, 1.807) is 0 Å². The van der Waals surface area contributed by atoms with Gasteiger partial charge in [-0.05, 0) is 25.0 Å². The molecule has 0 radical (unpaired) electrons. The number of fused-ring (bicyclic) bond motifs is 1. The van der Waals surface area contributed by atoms with E-state index >= 15 is 0 Å². The average molecular weight is 273 g/mol. The Labute approximate surface area is 118 Å². The highest BCUT2D eigenvalue weighted by molar-refractivity contribution is 5.35. The van der Waals surface area contributed by atoms with Crippen LogP contribution in [0.4, 0.5) is 0 Å². The zero-order valence-electron chi connectivity index (χ0n) is 11.6. The largest absolute Gasteiger partial charge is 0.493 e. The van der Waals surface area contributed by atoms with Gasteiger partial charge in [-0.25, -0.2) is 4.98 Å². The van der Waals surface area contributed by atoms with Crippen molar-refractivity contribution in [3.05, 3.63) is 42.0 Å². The molecule has 5 nitrogen and oxygen atoms in total. The monoisotopic (exact) mass is 273 g/mol. The van der Waals surface area contributed by atoms with Crippen molar-refractivity contribution in [2.24, 2.45) is 5.92 Å². The van der Waals surface area contributed by atoms with Gasteiger partial charge in [-0.15, -0.1) is 0 Å². The van der Waals surface area contributed by atoms with Gasteiger partial charge in [-0.2, -0.15) is 5.10 Å². The molecule has 2 aromatic rings. The van der Waals surface area contributed by atoms with E-state index in [0.29, 0.717) is 13.0 Å². The van der Waals surface area contributed by atoms with E-state index in [-0.39, 0.29) is 5.92 Å². The molecule has 0 amide bonds. The number of aromatic nitrogens is 3. The van der Waals surface area contributed by atoms with Crippen LogP contribution in [-0.2, 0) is 19.4 Å². The lowest BCUT2D eigenvalue weighted by molar-refractivity contribution is 0.0630. The molecule has 2 unspecified atom stereocenters. The summed E-state index contributed by atoms with van der Waals surface area (Å²) in [5.74, 6) is 1.87. The number of para-hydroxylation sites is 1. The molecule has 1 aliphatic rings. The third-order valence-electron chi connectivity index (χ3n) is 3.84. The van der Waals surface area contributed by atoms with Crippen molar-refractivity contribution in [2.75, 3.05) is 6.61 Å². The maximum Gasteiger partial charge on any atom is 0.138 e. The van der Waals surface area contributed by atoms with Crippen LogP contribution in [-0.4, -0.2) is 32.6 Å². The molecule has 1 N–H and O–H groups in total. The van der Waals surface area contributed by atoms with Crippen LogP contribution < -0.4 is 4.74 Å². The van der Waals surface area contributed by atoms with Crippen molar-refractivity contribution in [3.63, 3.8) is 0 Å². The minimum absolute atomic E-state index is 0.104. The molecule has 1 aliphatic heterocycles. The van der Waals surface area contributed by atoms with Crippen molar-refractivity contribution in [1.82, 2.24) is 14.8 Å². The summed E-state index contributed by atoms with van der Waals surface area (Å²) in [4.78, 5) is 4.22. The molecule has 2 heterocycles. The average Bonchev–Trinajstić information content (AvgIpc) is 2.94. The second-order valence-corrected chi connectivity index (χ2v) is 5.15. The Morgan fingerprint density at radius 1 is 1.45 bits per heavy atom. The maximum absolute atomic E-state index is 10.4. The van der Waals surface area contributed by atoms with E-state index in [0.717, 1.165) is 24.5 Å². The second-order valence-electron chi connectivity index (χ2n) is 5.15. The fourth-order valence-electron chi connectivity index (χ4n) is 2.66. The minimum Gasteiger partial charge on any atom is -0.493 e. The minimum atomic E-state index is -0.460. The first-order valence-corrected chi connectivity index (χ1v) is 7.03. The van der Waals surface area contributed by atoms with Crippen LogP contribution in [0.1, 0.15) is 18.3 Å². The number of benzene rings is 1. The Morgan fingerprint density at radius 3 is 3.15 bits per heavy atom. The Kier molecular flexibility index (Phi) is 3.69. The molecule has 20 heavy (non-hydrogen) atoms. The van der Waals surface area contributed by atoms with Crippen molar-refractivity contribution in [1.29, 1.82) is 0 Å². The van der Waals surface area contributed by atoms with Crippen molar-refractivity contribution in [3.8, 4) is 5.75 Å². The molecule has 0 aliphatic carbocycles. The lowest BCUT2D eigenvalue weighted by atomic mass is 9.90. The van der Waals surface area contributed by atoms with E-state index in [9.17, 15) is 5.11 Å². The molecule has 0 saturated heterocycles.